The van der Waals surface area contributed by atoms with Gasteiger partial charge in [-0.25, -0.2) is 0 Å². The molecule has 1 aliphatic heterocycles. The van der Waals surface area contributed by atoms with Gasteiger partial charge in [0, 0.05) is 32.1 Å². The normalized spacial score (nSPS) is 24.5. The van der Waals surface area contributed by atoms with Crippen molar-refractivity contribution in [3.8, 4) is 0 Å². The largest absolute Gasteiger partial charge is 0.343 e. The van der Waals surface area contributed by atoms with Crippen LogP contribution in [-0.2, 0) is 4.79 Å². The Morgan fingerprint density at radius 3 is 2.76 bits per heavy atom. The third-order valence-electron chi connectivity index (χ3n) is 4.04. The molecule has 0 aromatic heterocycles. The highest BCUT2D eigenvalue weighted by Gasteiger charge is 2.25. The molecule has 1 saturated heterocycles. The van der Waals surface area contributed by atoms with Gasteiger partial charge in [0.05, 0.1) is 0 Å². The van der Waals surface area contributed by atoms with Gasteiger partial charge >= 0.3 is 0 Å². The third-order valence-corrected chi connectivity index (χ3v) is 4.04. The zero-order valence-corrected chi connectivity index (χ0v) is 11.3. The molecule has 0 radical (unpaired) electrons. The van der Waals surface area contributed by atoms with Crippen LogP contribution in [0.4, 0.5) is 0 Å². The standard InChI is InChI=1S/C14H26N2O/c1-14(2)7-3-10-16(11-8-14)13(17)6-9-15-12-4-5-12/h12,15H,3-11H2,1-2H3. The van der Waals surface area contributed by atoms with E-state index < -0.39 is 0 Å². The summed E-state index contributed by atoms with van der Waals surface area (Å²) in [6, 6.07) is 0.714. The Morgan fingerprint density at radius 1 is 1.29 bits per heavy atom. The van der Waals surface area contributed by atoms with Crippen molar-refractivity contribution >= 4 is 5.91 Å². The van der Waals surface area contributed by atoms with Crippen LogP contribution >= 0.6 is 0 Å². The maximum atomic E-state index is 12.0. The van der Waals surface area contributed by atoms with Crippen LogP contribution in [0.3, 0.4) is 0 Å². The van der Waals surface area contributed by atoms with Crippen molar-refractivity contribution in [1.29, 1.82) is 0 Å². The van der Waals surface area contributed by atoms with Crippen molar-refractivity contribution in [2.24, 2.45) is 5.41 Å². The number of nitrogens with zero attached hydrogens (tertiary/aromatic N) is 1. The van der Waals surface area contributed by atoms with Crippen molar-refractivity contribution in [3.05, 3.63) is 0 Å². The number of carbonyl (C=O) groups is 1. The van der Waals surface area contributed by atoms with Gasteiger partial charge in [-0.1, -0.05) is 13.8 Å². The van der Waals surface area contributed by atoms with E-state index in [0.717, 1.165) is 32.5 Å². The number of nitrogens with one attached hydrogen (secondary N) is 1. The predicted octanol–water partition coefficient (Wildman–Crippen LogP) is 2.17. The van der Waals surface area contributed by atoms with Gasteiger partial charge in [0.15, 0.2) is 0 Å². The minimum absolute atomic E-state index is 0.343. The lowest BCUT2D eigenvalue weighted by Crippen LogP contribution is -2.34. The van der Waals surface area contributed by atoms with E-state index in [1.54, 1.807) is 0 Å². The van der Waals surface area contributed by atoms with E-state index >= 15 is 0 Å². The van der Waals surface area contributed by atoms with E-state index in [1.807, 2.05) is 0 Å². The lowest BCUT2D eigenvalue weighted by molar-refractivity contribution is -0.131. The second-order valence-corrected chi connectivity index (χ2v) is 6.38. The molecule has 1 saturated carbocycles. The van der Waals surface area contributed by atoms with Crippen LogP contribution in [0.2, 0.25) is 0 Å². The smallest absolute Gasteiger partial charge is 0.223 e. The molecule has 2 aliphatic rings. The molecule has 0 aromatic rings. The second-order valence-electron chi connectivity index (χ2n) is 6.38. The molecule has 2 fully saturated rings. The summed E-state index contributed by atoms with van der Waals surface area (Å²) >= 11 is 0. The highest BCUT2D eigenvalue weighted by atomic mass is 16.2. The summed E-state index contributed by atoms with van der Waals surface area (Å²) < 4.78 is 0. The molecule has 1 heterocycles. The highest BCUT2D eigenvalue weighted by molar-refractivity contribution is 5.76. The van der Waals surface area contributed by atoms with E-state index in [9.17, 15) is 4.79 Å². The van der Waals surface area contributed by atoms with Gasteiger partial charge in [0.25, 0.3) is 0 Å². The summed E-state index contributed by atoms with van der Waals surface area (Å²) in [7, 11) is 0. The fraction of sp³-hybridized carbons (Fsp3) is 0.929. The Balaban J connectivity index is 1.70. The van der Waals surface area contributed by atoms with Crippen LogP contribution in [0.15, 0.2) is 0 Å². The van der Waals surface area contributed by atoms with Gasteiger partial charge in [-0.2, -0.15) is 0 Å². The van der Waals surface area contributed by atoms with E-state index in [0.29, 0.717) is 23.8 Å². The summed E-state index contributed by atoms with van der Waals surface area (Å²) in [4.78, 5) is 14.1. The molecular weight excluding hydrogens is 212 g/mol. The molecule has 1 N–H and O–H groups in total. The molecule has 0 atom stereocenters. The lowest BCUT2D eigenvalue weighted by Gasteiger charge is -2.23. The summed E-state index contributed by atoms with van der Waals surface area (Å²) in [6.07, 6.45) is 6.83. The molecule has 17 heavy (non-hydrogen) atoms. The molecule has 0 unspecified atom stereocenters. The molecule has 0 bridgehead atoms. The Morgan fingerprint density at radius 2 is 2.06 bits per heavy atom. The van der Waals surface area contributed by atoms with E-state index in [4.69, 9.17) is 0 Å². The molecule has 3 nitrogen and oxygen atoms in total. The monoisotopic (exact) mass is 238 g/mol. The molecular formula is C14H26N2O. The molecule has 3 heteroatoms. The topological polar surface area (TPSA) is 32.3 Å². The quantitative estimate of drug-likeness (QED) is 0.814. The molecule has 0 aromatic carbocycles. The first kappa shape index (κ1) is 12.9. The van der Waals surface area contributed by atoms with Crippen LogP contribution in [0.25, 0.3) is 0 Å². The van der Waals surface area contributed by atoms with Crippen molar-refractivity contribution in [2.75, 3.05) is 19.6 Å². The number of hydrogen-bond acceptors (Lipinski definition) is 2. The summed E-state index contributed by atoms with van der Waals surface area (Å²) in [5, 5.41) is 3.41. The van der Waals surface area contributed by atoms with Gasteiger partial charge in [-0.05, 0) is 37.5 Å². The molecule has 2 rings (SSSR count). The Kier molecular flexibility index (Phi) is 4.08. The van der Waals surface area contributed by atoms with Crippen LogP contribution in [0.1, 0.15) is 52.4 Å². The highest BCUT2D eigenvalue weighted by Crippen LogP contribution is 2.29. The van der Waals surface area contributed by atoms with E-state index in [2.05, 4.69) is 24.1 Å². The predicted molar refractivity (Wildman–Crippen MR) is 69.9 cm³/mol. The number of likely N-dealkylation sites (tertiary alicyclic amines) is 1. The summed E-state index contributed by atoms with van der Waals surface area (Å²) in [6.45, 7) is 7.41. The molecule has 98 valence electrons. The first-order valence-corrected chi connectivity index (χ1v) is 7.08. The molecule has 1 aliphatic carbocycles. The minimum atomic E-state index is 0.343. The van der Waals surface area contributed by atoms with Crippen LogP contribution in [0.5, 0.6) is 0 Å². The zero-order chi connectivity index (χ0) is 12.3. The van der Waals surface area contributed by atoms with Crippen molar-refractivity contribution in [1.82, 2.24) is 10.2 Å². The van der Waals surface area contributed by atoms with Gasteiger partial charge in [0.1, 0.15) is 0 Å². The van der Waals surface area contributed by atoms with Crippen molar-refractivity contribution in [3.63, 3.8) is 0 Å². The van der Waals surface area contributed by atoms with E-state index in [1.165, 1.54) is 19.3 Å². The van der Waals surface area contributed by atoms with Crippen LogP contribution in [-0.4, -0.2) is 36.5 Å². The van der Waals surface area contributed by atoms with Crippen molar-refractivity contribution < 1.29 is 4.79 Å². The first-order valence-electron chi connectivity index (χ1n) is 7.08. The fourth-order valence-electron chi connectivity index (χ4n) is 2.50. The van der Waals surface area contributed by atoms with Gasteiger partial charge in [0.2, 0.25) is 5.91 Å². The number of hydrogen-bond donors (Lipinski definition) is 1. The number of carbonyl (C=O) groups excluding carboxylic acids is 1. The molecule has 0 spiro atoms. The van der Waals surface area contributed by atoms with Gasteiger partial charge in [-0.15, -0.1) is 0 Å². The maximum absolute atomic E-state index is 12.0. The average molecular weight is 238 g/mol. The SMILES string of the molecule is CC1(C)CCCN(C(=O)CCNC2CC2)CC1. The van der Waals surface area contributed by atoms with Crippen LogP contribution < -0.4 is 5.32 Å². The number of rotatable bonds is 4. The Labute approximate surface area is 105 Å². The minimum Gasteiger partial charge on any atom is -0.343 e. The summed E-state index contributed by atoms with van der Waals surface area (Å²) in [5.41, 5.74) is 0.418. The Hall–Kier alpha value is -0.570. The number of amides is 1. The van der Waals surface area contributed by atoms with Gasteiger partial charge < -0.3 is 10.2 Å². The summed E-state index contributed by atoms with van der Waals surface area (Å²) in [5.74, 6) is 0.343. The first-order chi connectivity index (χ1) is 8.07. The zero-order valence-electron chi connectivity index (χ0n) is 11.3. The van der Waals surface area contributed by atoms with Gasteiger partial charge in [-0.3, -0.25) is 4.79 Å². The van der Waals surface area contributed by atoms with Crippen LogP contribution in [0, 0.1) is 5.41 Å². The van der Waals surface area contributed by atoms with E-state index in [-0.39, 0.29) is 0 Å². The lowest BCUT2D eigenvalue weighted by atomic mass is 9.85. The maximum Gasteiger partial charge on any atom is 0.223 e. The van der Waals surface area contributed by atoms with Crippen molar-refractivity contribution in [2.45, 2.75) is 58.4 Å². The average Bonchev–Trinajstić information content (AvgIpc) is 3.06. The third kappa shape index (κ3) is 4.30. The molecule has 1 amide bonds. The Bertz CT molecular complexity index is 271. The fourth-order valence-corrected chi connectivity index (χ4v) is 2.50. The second kappa shape index (κ2) is 5.38.